The molecular formula is C29H24Cl2N2O5. The number of carbonyl (C=O) groups is 4. The minimum Gasteiger partial charge on any atom is -0.452 e. The van der Waals surface area contributed by atoms with E-state index in [0.717, 1.165) is 6.42 Å². The Labute approximate surface area is 229 Å². The van der Waals surface area contributed by atoms with E-state index in [9.17, 15) is 19.2 Å². The molecule has 0 radical (unpaired) electrons. The molecule has 194 valence electrons. The van der Waals surface area contributed by atoms with E-state index in [1.165, 1.54) is 22.6 Å². The summed E-state index contributed by atoms with van der Waals surface area (Å²) in [6.45, 7) is -0.557. The Hall–Kier alpha value is -3.68. The molecule has 0 spiro atoms. The number of nitrogens with one attached hydrogen (secondary N) is 1. The molecule has 1 saturated carbocycles. The number of halogens is 2. The Morgan fingerprint density at radius 3 is 2.42 bits per heavy atom. The Morgan fingerprint density at radius 1 is 0.895 bits per heavy atom. The number of amides is 3. The quantitative estimate of drug-likeness (QED) is 0.306. The van der Waals surface area contributed by atoms with Gasteiger partial charge in [0.25, 0.3) is 5.91 Å². The van der Waals surface area contributed by atoms with Crippen LogP contribution in [-0.2, 0) is 19.1 Å². The first-order valence-electron chi connectivity index (χ1n) is 12.3. The molecule has 3 aromatic carbocycles. The van der Waals surface area contributed by atoms with Gasteiger partial charge in [0.15, 0.2) is 6.61 Å². The molecule has 1 heterocycles. The number of ether oxygens (including phenoxy) is 1. The smallest absolute Gasteiger partial charge is 0.338 e. The van der Waals surface area contributed by atoms with Gasteiger partial charge in [0.05, 0.1) is 38.8 Å². The summed E-state index contributed by atoms with van der Waals surface area (Å²) in [6.07, 6.45) is 2.09. The predicted octanol–water partition coefficient (Wildman–Crippen LogP) is 5.86. The first-order valence-corrected chi connectivity index (χ1v) is 13.0. The lowest BCUT2D eigenvalue weighted by Crippen LogP contribution is -2.31. The third-order valence-corrected chi connectivity index (χ3v) is 7.92. The van der Waals surface area contributed by atoms with Crippen molar-refractivity contribution in [2.75, 3.05) is 16.8 Å². The highest BCUT2D eigenvalue weighted by Crippen LogP contribution is 2.45. The van der Waals surface area contributed by atoms with Gasteiger partial charge < -0.3 is 10.1 Å². The Balaban J connectivity index is 1.25. The number of carbonyl (C=O) groups excluding carboxylic acids is 4. The fourth-order valence-corrected chi connectivity index (χ4v) is 5.58. The Bertz CT molecular complexity index is 1410. The van der Waals surface area contributed by atoms with Crippen LogP contribution in [0.1, 0.15) is 41.1 Å². The Morgan fingerprint density at radius 2 is 1.63 bits per heavy atom. The average Bonchev–Trinajstić information content (AvgIpc) is 3.19. The third-order valence-electron chi connectivity index (χ3n) is 7.10. The molecule has 3 amide bonds. The molecule has 5 rings (SSSR count). The van der Waals surface area contributed by atoms with E-state index in [2.05, 4.69) is 17.4 Å². The van der Waals surface area contributed by atoms with Crippen molar-refractivity contribution < 1.29 is 23.9 Å². The number of imide groups is 1. The number of esters is 1. The van der Waals surface area contributed by atoms with Gasteiger partial charge in [-0.1, -0.05) is 65.7 Å². The molecule has 1 saturated heterocycles. The van der Waals surface area contributed by atoms with Gasteiger partial charge in [0.1, 0.15) is 0 Å². The second-order valence-corrected chi connectivity index (χ2v) is 10.2. The summed E-state index contributed by atoms with van der Waals surface area (Å²) in [4.78, 5) is 52.7. The zero-order chi connectivity index (χ0) is 26.8. The molecule has 3 atom stereocenters. The van der Waals surface area contributed by atoms with E-state index in [4.69, 9.17) is 27.9 Å². The highest BCUT2D eigenvalue weighted by Gasteiger charge is 2.50. The lowest BCUT2D eigenvalue weighted by atomic mass is 9.73. The van der Waals surface area contributed by atoms with E-state index in [1.807, 2.05) is 18.2 Å². The number of benzene rings is 3. The summed E-state index contributed by atoms with van der Waals surface area (Å²) < 4.78 is 5.15. The second kappa shape index (κ2) is 11.0. The van der Waals surface area contributed by atoms with Gasteiger partial charge in [-0.2, -0.15) is 0 Å². The van der Waals surface area contributed by atoms with E-state index in [0.29, 0.717) is 24.2 Å². The highest BCUT2D eigenvalue weighted by atomic mass is 35.5. The summed E-state index contributed by atoms with van der Waals surface area (Å²) in [5.41, 5.74) is 1.91. The summed E-state index contributed by atoms with van der Waals surface area (Å²) in [6, 6.07) is 21.0. The van der Waals surface area contributed by atoms with Gasteiger partial charge >= 0.3 is 5.97 Å². The molecule has 1 aliphatic heterocycles. The molecule has 2 fully saturated rings. The van der Waals surface area contributed by atoms with Crippen LogP contribution in [0.2, 0.25) is 10.0 Å². The maximum absolute atomic E-state index is 13.4. The standard InChI is InChI=1S/C29H24Cl2N2O5/c30-23-10-5-11-24(26(23)31)32-25(34)16-38-29(37)19-8-4-9-20(14-19)33-27(35)21-13-12-18(15-22(21)28(33)36)17-6-2-1-3-7-17/h1-11,14,18,21-22H,12-13,15-16H2,(H,32,34)/t18-,21-,22+/m1/s1. The number of fused-ring (bicyclic) bond motifs is 1. The van der Waals surface area contributed by atoms with Crippen molar-refractivity contribution in [1.29, 1.82) is 0 Å². The van der Waals surface area contributed by atoms with Crippen LogP contribution in [0, 0.1) is 11.8 Å². The summed E-state index contributed by atoms with van der Waals surface area (Å²) in [5, 5.41) is 2.99. The van der Waals surface area contributed by atoms with Crippen molar-refractivity contribution in [2.24, 2.45) is 11.8 Å². The Kier molecular flexibility index (Phi) is 7.49. The molecule has 0 bridgehead atoms. The maximum Gasteiger partial charge on any atom is 0.338 e. The van der Waals surface area contributed by atoms with Crippen LogP contribution < -0.4 is 10.2 Å². The van der Waals surface area contributed by atoms with Gasteiger partial charge in [0.2, 0.25) is 11.8 Å². The molecule has 9 heteroatoms. The topological polar surface area (TPSA) is 92.8 Å². The van der Waals surface area contributed by atoms with Crippen molar-refractivity contribution in [2.45, 2.75) is 25.2 Å². The predicted molar refractivity (Wildman–Crippen MR) is 144 cm³/mol. The number of rotatable bonds is 6. The zero-order valence-corrected chi connectivity index (χ0v) is 21.7. The minimum atomic E-state index is -0.764. The number of hydrogen-bond acceptors (Lipinski definition) is 5. The molecule has 1 N–H and O–H groups in total. The van der Waals surface area contributed by atoms with Crippen molar-refractivity contribution in [3.8, 4) is 0 Å². The normalized spacial score (nSPS) is 20.7. The molecule has 3 aromatic rings. The number of anilines is 2. The van der Waals surface area contributed by atoms with Crippen molar-refractivity contribution in [1.82, 2.24) is 0 Å². The fourth-order valence-electron chi connectivity index (χ4n) is 5.23. The van der Waals surface area contributed by atoms with E-state index in [-0.39, 0.29) is 45.2 Å². The first kappa shape index (κ1) is 25.9. The number of nitrogens with zero attached hydrogens (tertiary/aromatic N) is 1. The molecule has 1 aliphatic carbocycles. The van der Waals surface area contributed by atoms with Crippen LogP contribution in [0.5, 0.6) is 0 Å². The minimum absolute atomic E-state index is 0.119. The van der Waals surface area contributed by atoms with Crippen LogP contribution >= 0.6 is 23.2 Å². The van der Waals surface area contributed by atoms with Crippen LogP contribution in [0.15, 0.2) is 72.8 Å². The molecule has 0 unspecified atom stereocenters. The van der Waals surface area contributed by atoms with Gasteiger partial charge in [-0.15, -0.1) is 0 Å². The molecule has 2 aliphatic rings. The highest BCUT2D eigenvalue weighted by molar-refractivity contribution is 6.44. The van der Waals surface area contributed by atoms with Gasteiger partial charge in [-0.25, -0.2) is 4.79 Å². The molecule has 0 aromatic heterocycles. The first-order chi connectivity index (χ1) is 18.3. The van der Waals surface area contributed by atoms with Crippen LogP contribution in [-0.4, -0.2) is 30.3 Å². The second-order valence-electron chi connectivity index (χ2n) is 9.42. The van der Waals surface area contributed by atoms with Crippen molar-refractivity contribution in [3.63, 3.8) is 0 Å². The van der Waals surface area contributed by atoms with Crippen LogP contribution in [0.3, 0.4) is 0 Å². The van der Waals surface area contributed by atoms with E-state index >= 15 is 0 Å². The van der Waals surface area contributed by atoms with Gasteiger partial charge in [-0.3, -0.25) is 19.3 Å². The van der Waals surface area contributed by atoms with Gasteiger partial charge in [-0.05, 0) is 61.1 Å². The summed E-state index contributed by atoms with van der Waals surface area (Å²) in [7, 11) is 0. The molecular weight excluding hydrogens is 527 g/mol. The number of hydrogen-bond donors (Lipinski definition) is 1. The van der Waals surface area contributed by atoms with Crippen molar-refractivity contribution in [3.05, 3.63) is 94.0 Å². The zero-order valence-electron chi connectivity index (χ0n) is 20.2. The lowest BCUT2D eigenvalue weighted by Gasteiger charge is -2.28. The monoisotopic (exact) mass is 550 g/mol. The van der Waals surface area contributed by atoms with E-state index in [1.54, 1.807) is 30.3 Å². The van der Waals surface area contributed by atoms with Gasteiger partial charge in [0, 0.05) is 0 Å². The summed E-state index contributed by atoms with van der Waals surface area (Å²) in [5.74, 6) is -2.37. The molecule has 38 heavy (non-hydrogen) atoms. The maximum atomic E-state index is 13.4. The SMILES string of the molecule is O=C(COC(=O)c1cccc(N2C(=O)[C@H]3C[C@H](c4ccccc4)CC[C@H]3C2=O)c1)Nc1cccc(Cl)c1Cl. The van der Waals surface area contributed by atoms with Crippen LogP contribution in [0.25, 0.3) is 0 Å². The summed E-state index contributed by atoms with van der Waals surface area (Å²) >= 11 is 12.0. The van der Waals surface area contributed by atoms with Crippen LogP contribution in [0.4, 0.5) is 11.4 Å². The lowest BCUT2D eigenvalue weighted by molar-refractivity contribution is -0.122. The van der Waals surface area contributed by atoms with E-state index < -0.39 is 18.5 Å². The average molecular weight is 551 g/mol. The van der Waals surface area contributed by atoms with Crippen molar-refractivity contribution >= 4 is 58.3 Å². The third kappa shape index (κ3) is 5.17. The molecule has 7 nitrogen and oxygen atoms in total. The largest absolute Gasteiger partial charge is 0.452 e. The fraction of sp³-hybridized carbons (Fsp3) is 0.241.